The van der Waals surface area contributed by atoms with E-state index in [0.29, 0.717) is 10.7 Å². The number of amides is 1. The highest BCUT2D eigenvalue weighted by Crippen LogP contribution is 2.25. The molecule has 0 radical (unpaired) electrons. The summed E-state index contributed by atoms with van der Waals surface area (Å²) in [5.74, 6) is 0. The van der Waals surface area contributed by atoms with Crippen molar-refractivity contribution in [3.05, 3.63) is 29.3 Å². The molecule has 1 aromatic rings. The molecular formula is C14H20ClNO2. The van der Waals surface area contributed by atoms with Crippen LogP contribution in [0.15, 0.2) is 24.3 Å². The van der Waals surface area contributed by atoms with E-state index in [4.69, 9.17) is 11.6 Å². The molecule has 18 heavy (non-hydrogen) atoms. The van der Waals surface area contributed by atoms with E-state index in [9.17, 15) is 9.90 Å². The molecule has 0 heterocycles. The number of halogens is 1. The molecule has 100 valence electrons. The van der Waals surface area contributed by atoms with Gasteiger partial charge in [-0.1, -0.05) is 44.4 Å². The fourth-order valence-electron chi connectivity index (χ4n) is 2.17. The molecule has 0 fully saturated rings. The summed E-state index contributed by atoms with van der Waals surface area (Å²) in [4.78, 5) is 12.9. The highest BCUT2D eigenvalue weighted by molar-refractivity contribution is 6.30. The molecule has 0 bridgehead atoms. The first-order valence-corrected chi connectivity index (χ1v) is 6.75. The zero-order valence-corrected chi connectivity index (χ0v) is 11.7. The molecule has 0 atom stereocenters. The van der Waals surface area contributed by atoms with Crippen molar-refractivity contribution >= 4 is 23.4 Å². The first-order valence-electron chi connectivity index (χ1n) is 6.37. The van der Waals surface area contributed by atoms with E-state index in [0.717, 1.165) is 25.7 Å². The lowest BCUT2D eigenvalue weighted by Gasteiger charge is -2.29. The van der Waals surface area contributed by atoms with E-state index in [1.165, 1.54) is 4.90 Å². The summed E-state index contributed by atoms with van der Waals surface area (Å²) in [6.45, 7) is 4.14. The zero-order valence-electron chi connectivity index (χ0n) is 10.9. The summed E-state index contributed by atoms with van der Waals surface area (Å²) in [6, 6.07) is 7.05. The Morgan fingerprint density at radius 3 is 2.39 bits per heavy atom. The van der Waals surface area contributed by atoms with Gasteiger partial charge in [-0.3, -0.25) is 4.90 Å². The fraction of sp³-hybridized carbons (Fsp3) is 0.500. The topological polar surface area (TPSA) is 40.5 Å². The van der Waals surface area contributed by atoms with Crippen LogP contribution in [-0.2, 0) is 0 Å². The molecule has 0 aromatic heterocycles. The maximum atomic E-state index is 11.5. The molecule has 3 nitrogen and oxygen atoms in total. The molecule has 0 aliphatic carbocycles. The van der Waals surface area contributed by atoms with Crippen molar-refractivity contribution < 1.29 is 9.90 Å². The van der Waals surface area contributed by atoms with Crippen molar-refractivity contribution in [3.8, 4) is 0 Å². The number of rotatable bonds is 6. The SMILES string of the molecule is CCCC(CCC)N(C(=O)O)c1cccc(Cl)c1. The van der Waals surface area contributed by atoms with Crippen LogP contribution in [0.4, 0.5) is 10.5 Å². The molecule has 0 aliphatic rings. The lowest BCUT2D eigenvalue weighted by molar-refractivity contribution is 0.198. The predicted molar refractivity (Wildman–Crippen MR) is 75.6 cm³/mol. The van der Waals surface area contributed by atoms with E-state index >= 15 is 0 Å². The molecule has 1 aromatic carbocycles. The highest BCUT2D eigenvalue weighted by Gasteiger charge is 2.23. The Morgan fingerprint density at radius 2 is 1.94 bits per heavy atom. The van der Waals surface area contributed by atoms with Crippen molar-refractivity contribution in [3.63, 3.8) is 0 Å². The van der Waals surface area contributed by atoms with Crippen molar-refractivity contribution in [2.24, 2.45) is 0 Å². The first-order chi connectivity index (χ1) is 8.60. The minimum absolute atomic E-state index is 0.0240. The van der Waals surface area contributed by atoms with Gasteiger partial charge in [0.05, 0.1) is 0 Å². The van der Waals surface area contributed by atoms with Gasteiger partial charge in [0.1, 0.15) is 0 Å². The van der Waals surface area contributed by atoms with E-state index in [-0.39, 0.29) is 6.04 Å². The average Bonchev–Trinajstić information content (AvgIpc) is 2.29. The lowest BCUT2D eigenvalue weighted by atomic mass is 10.0. The van der Waals surface area contributed by atoms with E-state index < -0.39 is 6.09 Å². The molecule has 0 aliphatic heterocycles. The van der Waals surface area contributed by atoms with Gasteiger partial charge in [0.2, 0.25) is 0 Å². The number of nitrogens with zero attached hydrogens (tertiary/aromatic N) is 1. The number of hydrogen-bond acceptors (Lipinski definition) is 1. The van der Waals surface area contributed by atoms with Gasteiger partial charge in [-0.25, -0.2) is 4.79 Å². The molecule has 1 rings (SSSR count). The van der Waals surface area contributed by atoms with Gasteiger partial charge < -0.3 is 5.11 Å². The quantitative estimate of drug-likeness (QED) is 0.806. The Morgan fingerprint density at radius 1 is 1.33 bits per heavy atom. The predicted octanol–water partition coefficient (Wildman–Crippen LogP) is 4.79. The molecule has 1 amide bonds. The van der Waals surface area contributed by atoms with Gasteiger partial charge in [0.25, 0.3) is 0 Å². The van der Waals surface area contributed by atoms with E-state index in [1.807, 2.05) is 0 Å². The number of hydrogen-bond donors (Lipinski definition) is 1. The number of carbonyl (C=O) groups is 1. The number of benzene rings is 1. The van der Waals surface area contributed by atoms with Gasteiger partial charge in [-0.05, 0) is 31.0 Å². The van der Waals surface area contributed by atoms with E-state index in [2.05, 4.69) is 13.8 Å². The lowest BCUT2D eigenvalue weighted by Crippen LogP contribution is -2.39. The minimum atomic E-state index is -0.913. The fourth-order valence-corrected chi connectivity index (χ4v) is 2.36. The van der Waals surface area contributed by atoms with Gasteiger partial charge >= 0.3 is 6.09 Å². The highest BCUT2D eigenvalue weighted by atomic mass is 35.5. The molecule has 0 spiro atoms. The van der Waals surface area contributed by atoms with Crippen molar-refractivity contribution in [1.29, 1.82) is 0 Å². The average molecular weight is 270 g/mol. The van der Waals surface area contributed by atoms with Gasteiger partial charge in [0.15, 0.2) is 0 Å². The smallest absolute Gasteiger partial charge is 0.412 e. The summed E-state index contributed by atoms with van der Waals surface area (Å²) < 4.78 is 0. The third-order valence-electron chi connectivity index (χ3n) is 2.90. The third kappa shape index (κ3) is 3.91. The summed E-state index contributed by atoms with van der Waals surface area (Å²) in [5, 5.41) is 9.98. The Bertz CT molecular complexity index is 389. The van der Waals surface area contributed by atoms with Crippen molar-refractivity contribution in [2.45, 2.75) is 45.6 Å². The molecule has 0 saturated carbocycles. The zero-order chi connectivity index (χ0) is 13.5. The van der Waals surface area contributed by atoms with Crippen LogP contribution in [0.25, 0.3) is 0 Å². The summed E-state index contributed by atoms with van der Waals surface area (Å²) in [5.41, 5.74) is 0.655. The van der Waals surface area contributed by atoms with Gasteiger partial charge in [-0.2, -0.15) is 0 Å². The van der Waals surface area contributed by atoms with E-state index in [1.54, 1.807) is 24.3 Å². The van der Waals surface area contributed by atoms with Crippen molar-refractivity contribution in [1.82, 2.24) is 0 Å². The van der Waals surface area contributed by atoms with Crippen LogP contribution in [0.5, 0.6) is 0 Å². The normalized spacial score (nSPS) is 10.7. The maximum absolute atomic E-state index is 11.5. The maximum Gasteiger partial charge on any atom is 0.412 e. The first kappa shape index (κ1) is 14.8. The van der Waals surface area contributed by atoms with Crippen LogP contribution in [0.3, 0.4) is 0 Å². The third-order valence-corrected chi connectivity index (χ3v) is 3.14. The second-order valence-electron chi connectivity index (χ2n) is 4.36. The molecule has 0 saturated heterocycles. The molecule has 0 unspecified atom stereocenters. The number of anilines is 1. The number of carboxylic acid groups (broad SMARTS) is 1. The van der Waals surface area contributed by atoms with Crippen LogP contribution in [0, 0.1) is 0 Å². The summed E-state index contributed by atoms with van der Waals surface area (Å²) in [6.07, 6.45) is 2.76. The molecular weight excluding hydrogens is 250 g/mol. The minimum Gasteiger partial charge on any atom is -0.465 e. The van der Waals surface area contributed by atoms with Crippen LogP contribution in [-0.4, -0.2) is 17.2 Å². The van der Waals surface area contributed by atoms with Crippen LogP contribution in [0.2, 0.25) is 5.02 Å². The van der Waals surface area contributed by atoms with Crippen LogP contribution in [0.1, 0.15) is 39.5 Å². The van der Waals surface area contributed by atoms with Crippen LogP contribution < -0.4 is 4.90 Å². The summed E-state index contributed by atoms with van der Waals surface area (Å²) in [7, 11) is 0. The molecule has 1 N–H and O–H groups in total. The van der Waals surface area contributed by atoms with Gasteiger partial charge in [-0.15, -0.1) is 0 Å². The Balaban J connectivity index is 3.03. The summed E-state index contributed by atoms with van der Waals surface area (Å²) >= 11 is 5.93. The van der Waals surface area contributed by atoms with Crippen LogP contribution >= 0.6 is 11.6 Å². The van der Waals surface area contributed by atoms with Gasteiger partial charge in [0, 0.05) is 16.8 Å². The second kappa shape index (κ2) is 7.27. The largest absolute Gasteiger partial charge is 0.465 e. The monoisotopic (exact) mass is 269 g/mol. The van der Waals surface area contributed by atoms with Crippen molar-refractivity contribution in [2.75, 3.05) is 4.90 Å². The second-order valence-corrected chi connectivity index (χ2v) is 4.80. The Kier molecular flexibility index (Phi) is 5.99. The standard InChI is InChI=1S/C14H20ClNO2/c1-3-6-12(7-4-2)16(14(17)18)13-9-5-8-11(15)10-13/h5,8-10,12H,3-4,6-7H2,1-2H3,(H,17,18). The molecule has 4 heteroatoms. The Labute approximate surface area is 113 Å². The Hall–Kier alpha value is -1.22.